The molecular weight excluding hydrogens is 240 g/mol. The van der Waals surface area contributed by atoms with Gasteiger partial charge in [0.25, 0.3) is 0 Å². The largest absolute Gasteiger partial charge is 0.512 e. The summed E-state index contributed by atoms with van der Waals surface area (Å²) in [6.45, 7) is 4.58. The van der Waals surface area contributed by atoms with Crippen LogP contribution in [0.3, 0.4) is 0 Å². The SMILES string of the molecule is COC1C=C(O)C2C3C4CCCC3(C)C(C)(C4)C12O. The van der Waals surface area contributed by atoms with Crippen LogP contribution in [-0.2, 0) is 4.74 Å². The fourth-order valence-corrected chi connectivity index (χ4v) is 6.64. The van der Waals surface area contributed by atoms with Crippen molar-refractivity contribution in [2.45, 2.75) is 51.2 Å². The summed E-state index contributed by atoms with van der Waals surface area (Å²) in [6, 6.07) is 0. The molecule has 4 rings (SSSR count). The van der Waals surface area contributed by atoms with Crippen molar-refractivity contribution in [1.29, 1.82) is 0 Å². The Hall–Kier alpha value is -0.540. The van der Waals surface area contributed by atoms with Crippen molar-refractivity contribution < 1.29 is 14.9 Å². The predicted molar refractivity (Wildman–Crippen MR) is 71.6 cm³/mol. The Labute approximate surface area is 114 Å². The van der Waals surface area contributed by atoms with Crippen LogP contribution in [0.1, 0.15) is 39.5 Å². The van der Waals surface area contributed by atoms with Crippen molar-refractivity contribution in [2.24, 2.45) is 28.6 Å². The monoisotopic (exact) mass is 264 g/mol. The summed E-state index contributed by atoms with van der Waals surface area (Å²) in [4.78, 5) is 0. The lowest BCUT2D eigenvalue weighted by atomic mass is 9.61. The number of aliphatic hydroxyl groups excluding tert-OH is 1. The summed E-state index contributed by atoms with van der Waals surface area (Å²) in [6.07, 6.45) is 6.17. The number of ether oxygens (including phenoxy) is 1. The molecule has 19 heavy (non-hydrogen) atoms. The number of hydrogen-bond acceptors (Lipinski definition) is 3. The van der Waals surface area contributed by atoms with Gasteiger partial charge >= 0.3 is 0 Å². The molecule has 7 unspecified atom stereocenters. The summed E-state index contributed by atoms with van der Waals surface area (Å²) in [5, 5.41) is 21.9. The lowest BCUT2D eigenvalue weighted by Crippen LogP contribution is -2.57. The maximum absolute atomic E-state index is 11.5. The molecule has 7 atom stereocenters. The maximum Gasteiger partial charge on any atom is 0.110 e. The van der Waals surface area contributed by atoms with Crippen LogP contribution >= 0.6 is 0 Å². The van der Waals surface area contributed by atoms with Crippen molar-refractivity contribution in [2.75, 3.05) is 7.11 Å². The highest BCUT2D eigenvalue weighted by Gasteiger charge is 2.81. The van der Waals surface area contributed by atoms with Crippen LogP contribution in [0.5, 0.6) is 0 Å². The zero-order valence-corrected chi connectivity index (χ0v) is 12.0. The minimum atomic E-state index is -0.911. The molecule has 3 saturated carbocycles. The van der Waals surface area contributed by atoms with Crippen LogP contribution in [0.15, 0.2) is 11.8 Å². The Bertz CT molecular complexity index is 471. The van der Waals surface area contributed by atoms with Gasteiger partial charge in [0.05, 0.1) is 11.7 Å². The summed E-state index contributed by atoms with van der Waals surface area (Å²) in [5.74, 6) is 1.36. The number of hydrogen-bond donors (Lipinski definition) is 2. The van der Waals surface area contributed by atoms with Crippen LogP contribution in [0.2, 0.25) is 0 Å². The molecule has 0 aromatic carbocycles. The fourth-order valence-electron chi connectivity index (χ4n) is 6.64. The van der Waals surface area contributed by atoms with Gasteiger partial charge in [0.1, 0.15) is 11.7 Å². The molecule has 0 radical (unpaired) electrons. The summed E-state index contributed by atoms with van der Waals surface area (Å²) in [7, 11) is 1.64. The first kappa shape index (κ1) is 12.2. The first-order chi connectivity index (χ1) is 8.90. The molecule has 2 N–H and O–H groups in total. The third kappa shape index (κ3) is 0.974. The zero-order chi connectivity index (χ0) is 13.6. The molecular formula is C16H24O3. The van der Waals surface area contributed by atoms with Crippen molar-refractivity contribution in [3.8, 4) is 0 Å². The molecule has 3 heteroatoms. The van der Waals surface area contributed by atoms with Crippen LogP contribution in [0, 0.1) is 28.6 Å². The first-order valence-electron chi connectivity index (χ1n) is 7.56. The molecule has 4 aliphatic carbocycles. The van der Waals surface area contributed by atoms with Gasteiger partial charge in [0, 0.05) is 12.5 Å². The molecule has 0 heterocycles. The topological polar surface area (TPSA) is 49.7 Å². The molecule has 4 bridgehead atoms. The molecule has 3 fully saturated rings. The van der Waals surface area contributed by atoms with Crippen molar-refractivity contribution in [3.05, 3.63) is 11.8 Å². The Balaban J connectivity index is 1.93. The van der Waals surface area contributed by atoms with Crippen LogP contribution in [0.4, 0.5) is 0 Å². The molecule has 0 amide bonds. The molecule has 0 saturated heterocycles. The van der Waals surface area contributed by atoms with Gasteiger partial charge < -0.3 is 14.9 Å². The summed E-state index contributed by atoms with van der Waals surface area (Å²) < 4.78 is 5.52. The van der Waals surface area contributed by atoms with Crippen molar-refractivity contribution >= 4 is 0 Å². The Morgan fingerprint density at radius 2 is 2.11 bits per heavy atom. The third-order valence-electron chi connectivity index (χ3n) is 7.49. The van der Waals surface area contributed by atoms with Gasteiger partial charge in [-0.15, -0.1) is 0 Å². The van der Waals surface area contributed by atoms with E-state index in [1.54, 1.807) is 13.2 Å². The van der Waals surface area contributed by atoms with Crippen molar-refractivity contribution in [1.82, 2.24) is 0 Å². The van der Waals surface area contributed by atoms with E-state index in [0.29, 0.717) is 17.6 Å². The van der Waals surface area contributed by atoms with Gasteiger partial charge in [0.2, 0.25) is 0 Å². The molecule has 4 aliphatic rings. The van der Waals surface area contributed by atoms with Gasteiger partial charge in [-0.2, -0.15) is 0 Å². The van der Waals surface area contributed by atoms with E-state index >= 15 is 0 Å². The number of fused-ring (bicyclic) bond motifs is 2. The normalized spacial score (nSPS) is 62.2. The first-order valence-corrected chi connectivity index (χ1v) is 7.56. The van der Waals surface area contributed by atoms with E-state index in [1.807, 2.05) is 0 Å². The smallest absolute Gasteiger partial charge is 0.110 e. The average Bonchev–Trinajstić information content (AvgIpc) is 2.75. The van der Waals surface area contributed by atoms with Gasteiger partial charge in [-0.1, -0.05) is 26.7 Å². The van der Waals surface area contributed by atoms with Crippen LogP contribution in [0.25, 0.3) is 0 Å². The third-order valence-corrected chi connectivity index (χ3v) is 7.49. The summed E-state index contributed by atoms with van der Waals surface area (Å²) >= 11 is 0. The second-order valence-electron chi connectivity index (χ2n) is 7.68. The highest BCUT2D eigenvalue weighted by molar-refractivity contribution is 5.38. The van der Waals surface area contributed by atoms with E-state index in [4.69, 9.17) is 4.74 Å². The number of rotatable bonds is 1. The second kappa shape index (κ2) is 3.20. The zero-order valence-electron chi connectivity index (χ0n) is 12.0. The van der Waals surface area contributed by atoms with Gasteiger partial charge in [-0.3, -0.25) is 0 Å². The second-order valence-corrected chi connectivity index (χ2v) is 7.68. The molecule has 3 nitrogen and oxygen atoms in total. The van der Waals surface area contributed by atoms with E-state index in [9.17, 15) is 10.2 Å². The van der Waals surface area contributed by atoms with Gasteiger partial charge in [-0.25, -0.2) is 0 Å². The van der Waals surface area contributed by atoms with Gasteiger partial charge in [0.15, 0.2) is 0 Å². The minimum Gasteiger partial charge on any atom is -0.512 e. The van der Waals surface area contributed by atoms with E-state index in [0.717, 1.165) is 6.42 Å². The molecule has 0 aromatic heterocycles. The molecule has 0 aromatic rings. The predicted octanol–water partition coefficient (Wildman–Crippen LogP) is 2.65. The Kier molecular flexibility index (Phi) is 2.06. The average molecular weight is 264 g/mol. The highest BCUT2D eigenvalue weighted by atomic mass is 16.5. The van der Waals surface area contributed by atoms with Crippen LogP contribution < -0.4 is 0 Å². The fraction of sp³-hybridized carbons (Fsp3) is 0.875. The Morgan fingerprint density at radius 1 is 1.37 bits per heavy atom. The lowest BCUT2D eigenvalue weighted by molar-refractivity contribution is -0.170. The quantitative estimate of drug-likeness (QED) is 0.765. The molecule has 0 spiro atoms. The molecule has 0 aliphatic heterocycles. The lowest BCUT2D eigenvalue weighted by Gasteiger charge is -2.48. The van der Waals surface area contributed by atoms with E-state index in [-0.39, 0.29) is 22.9 Å². The summed E-state index contributed by atoms with van der Waals surface area (Å²) in [5.41, 5.74) is -0.904. The number of methoxy groups -OCH3 is 1. The van der Waals surface area contributed by atoms with E-state index in [1.165, 1.54) is 19.3 Å². The number of aliphatic hydroxyl groups is 2. The standard InChI is InChI=1S/C16H24O3/c1-14-6-4-5-9-8-15(14,2)16(18)11(19-3)7-10(17)13(16)12(9)14/h7,9,11-13,17-18H,4-6,8H2,1-3H3. The van der Waals surface area contributed by atoms with Crippen LogP contribution in [-0.4, -0.2) is 29.0 Å². The maximum atomic E-state index is 11.5. The van der Waals surface area contributed by atoms with E-state index < -0.39 is 5.60 Å². The molecule has 106 valence electrons. The van der Waals surface area contributed by atoms with Crippen molar-refractivity contribution in [3.63, 3.8) is 0 Å². The van der Waals surface area contributed by atoms with E-state index in [2.05, 4.69) is 13.8 Å². The highest BCUT2D eigenvalue weighted by Crippen LogP contribution is 2.80. The minimum absolute atomic E-state index is 0.105. The van der Waals surface area contributed by atoms with Gasteiger partial charge in [-0.05, 0) is 36.2 Å². The Morgan fingerprint density at radius 3 is 2.79 bits per heavy atom.